The van der Waals surface area contributed by atoms with Crippen molar-refractivity contribution in [3.05, 3.63) is 69.6 Å². The van der Waals surface area contributed by atoms with Crippen LogP contribution in [0.25, 0.3) is 21.0 Å². The maximum atomic E-state index is 13.7. The average molecular weight is 479 g/mol. The quantitative estimate of drug-likeness (QED) is 0.432. The van der Waals surface area contributed by atoms with Crippen molar-refractivity contribution in [2.24, 2.45) is 0 Å². The largest absolute Gasteiger partial charge is 0.494 e. The Balaban J connectivity index is 0.00000274. The lowest BCUT2D eigenvalue weighted by molar-refractivity contribution is 0.0951. The van der Waals surface area contributed by atoms with Gasteiger partial charge in [-0.3, -0.25) is 14.6 Å². The van der Waals surface area contributed by atoms with Gasteiger partial charge < -0.3 is 19.5 Å². The number of fused-ring (bicyclic) bond motifs is 3. The zero-order chi connectivity index (χ0) is 22.8. The average Bonchev–Trinajstić information content (AvgIpc) is 3.50. The fraction of sp³-hybridized carbons (Fsp3) is 0.346. The van der Waals surface area contributed by atoms with E-state index >= 15 is 0 Å². The second-order valence-electron chi connectivity index (χ2n) is 8.20. The van der Waals surface area contributed by atoms with Gasteiger partial charge in [-0.05, 0) is 44.1 Å². The monoisotopic (exact) mass is 478 g/mol. The Bertz CT molecular complexity index is 1360. The molecule has 0 atom stereocenters. The topological polar surface area (TPSA) is 76.5 Å². The van der Waals surface area contributed by atoms with E-state index in [4.69, 9.17) is 4.74 Å². The van der Waals surface area contributed by atoms with E-state index in [9.17, 15) is 9.59 Å². The minimum Gasteiger partial charge on any atom is -0.494 e. The molecule has 5 rings (SSSR count). The molecule has 0 saturated carbocycles. The molecule has 1 aliphatic rings. The van der Waals surface area contributed by atoms with Gasteiger partial charge in [0.25, 0.3) is 11.5 Å². The second-order valence-corrected chi connectivity index (χ2v) is 9.22. The number of methoxy groups -OCH3 is 1. The molecule has 1 amide bonds. The summed E-state index contributed by atoms with van der Waals surface area (Å²) >= 11 is 1.32. The number of thiophene rings is 1. The van der Waals surface area contributed by atoms with Crippen molar-refractivity contribution in [3.63, 3.8) is 0 Å². The molecule has 4 aromatic rings. The summed E-state index contributed by atoms with van der Waals surface area (Å²) in [4.78, 5) is 33.9. The molecule has 1 fully saturated rings. The van der Waals surface area contributed by atoms with Crippen LogP contribution in [0.3, 0.4) is 0 Å². The molecule has 0 bridgehead atoms. The van der Waals surface area contributed by atoms with Gasteiger partial charge in [0.05, 0.1) is 29.6 Å². The number of hydrogen-bond acceptors (Lipinski definition) is 6. The van der Waals surface area contributed by atoms with E-state index in [-0.39, 0.29) is 18.9 Å². The summed E-state index contributed by atoms with van der Waals surface area (Å²) in [6.45, 7) is 3.92. The highest BCUT2D eigenvalue weighted by Gasteiger charge is 2.25. The van der Waals surface area contributed by atoms with E-state index in [2.05, 4.69) is 15.2 Å². The van der Waals surface area contributed by atoms with Crippen molar-refractivity contribution in [1.29, 1.82) is 0 Å². The van der Waals surface area contributed by atoms with E-state index in [1.165, 1.54) is 31.3 Å². The number of aromatic nitrogens is 2. The molecule has 0 unspecified atom stereocenters. The molecular weight excluding hydrogens is 448 g/mol. The molecule has 178 valence electrons. The van der Waals surface area contributed by atoms with E-state index < -0.39 is 0 Å². The van der Waals surface area contributed by atoms with E-state index in [0.717, 1.165) is 40.9 Å². The summed E-state index contributed by atoms with van der Waals surface area (Å²) in [5.74, 6) is 0.145. The van der Waals surface area contributed by atoms with Crippen LogP contribution in [0, 0.1) is 0 Å². The number of rotatable bonds is 7. The van der Waals surface area contributed by atoms with Gasteiger partial charge >= 0.3 is 0 Å². The first-order valence-electron chi connectivity index (χ1n) is 11.2. The first-order chi connectivity index (χ1) is 16.2. The molecule has 1 saturated heterocycles. The molecule has 1 N–H and O–H groups in total. The van der Waals surface area contributed by atoms with Crippen LogP contribution in [-0.4, -0.2) is 53.6 Å². The van der Waals surface area contributed by atoms with E-state index in [1.54, 1.807) is 10.8 Å². The van der Waals surface area contributed by atoms with Crippen molar-refractivity contribution >= 4 is 38.2 Å². The summed E-state index contributed by atoms with van der Waals surface area (Å²) in [7, 11) is 1.51. The van der Waals surface area contributed by atoms with Crippen LogP contribution in [0.4, 0.5) is 0 Å². The standard InChI is InChI=1S/C25H26N4O3S.CH4/c1-32-21-20-22(33-23(21)24(30)27-12-15-28-13-6-7-14-28)18-9-2-3-10-19(18)29(25(20)31)16-17-8-4-5-11-26-17;/h2-5,8-11H,6-7,12-16H2,1H3,(H,27,30);1H4. The molecule has 1 aromatic carbocycles. The van der Waals surface area contributed by atoms with Crippen LogP contribution in [0.2, 0.25) is 0 Å². The summed E-state index contributed by atoms with van der Waals surface area (Å²) < 4.78 is 8.13. The SMILES string of the molecule is C.COc1c(C(=O)NCCN2CCCC2)sc2c1c(=O)n(Cc1ccccn1)c1ccccc21. The Kier molecular flexibility index (Phi) is 7.29. The molecule has 34 heavy (non-hydrogen) atoms. The Morgan fingerprint density at radius 1 is 1.15 bits per heavy atom. The Hall–Kier alpha value is -3.23. The minimum absolute atomic E-state index is 0. The van der Waals surface area contributed by atoms with Gasteiger partial charge in [-0.2, -0.15) is 0 Å². The lowest BCUT2D eigenvalue weighted by Crippen LogP contribution is -2.33. The number of ether oxygens (including phenoxy) is 1. The number of amides is 1. The van der Waals surface area contributed by atoms with Gasteiger partial charge in [-0.25, -0.2) is 0 Å². The molecule has 0 radical (unpaired) electrons. The number of carbonyl (C=O) groups excluding carboxylic acids is 1. The molecular formula is C26H30N4O3S. The number of hydrogen-bond donors (Lipinski definition) is 1. The van der Waals surface area contributed by atoms with Gasteiger partial charge in [0.2, 0.25) is 0 Å². The van der Waals surface area contributed by atoms with Gasteiger partial charge in [0.1, 0.15) is 10.3 Å². The lowest BCUT2D eigenvalue weighted by atomic mass is 10.1. The molecule has 3 aromatic heterocycles. The van der Waals surface area contributed by atoms with Crippen molar-refractivity contribution in [3.8, 4) is 5.75 Å². The summed E-state index contributed by atoms with van der Waals surface area (Å²) in [5, 5.41) is 4.38. The summed E-state index contributed by atoms with van der Waals surface area (Å²) in [6.07, 6.45) is 4.16. The maximum Gasteiger partial charge on any atom is 0.265 e. The number of carbonyl (C=O) groups is 1. The zero-order valence-corrected chi connectivity index (χ0v) is 19.4. The number of para-hydroxylation sites is 1. The zero-order valence-electron chi connectivity index (χ0n) is 18.5. The van der Waals surface area contributed by atoms with Crippen LogP contribution in [0.15, 0.2) is 53.5 Å². The number of benzene rings is 1. The van der Waals surface area contributed by atoms with Crippen LogP contribution < -0.4 is 15.6 Å². The van der Waals surface area contributed by atoms with E-state index in [1.807, 2.05) is 42.5 Å². The van der Waals surface area contributed by atoms with Gasteiger partial charge in [-0.1, -0.05) is 31.7 Å². The third-order valence-corrected chi connectivity index (χ3v) is 7.33. The van der Waals surface area contributed by atoms with Crippen molar-refractivity contribution in [2.45, 2.75) is 26.8 Å². The Labute approximate surface area is 203 Å². The predicted octanol–water partition coefficient (Wildman–Crippen LogP) is 4.13. The lowest BCUT2D eigenvalue weighted by Gasteiger charge is -2.14. The Morgan fingerprint density at radius 2 is 1.91 bits per heavy atom. The highest BCUT2D eigenvalue weighted by Crippen LogP contribution is 2.39. The van der Waals surface area contributed by atoms with Crippen LogP contribution >= 0.6 is 11.3 Å². The number of pyridine rings is 2. The number of likely N-dealkylation sites (tertiary alicyclic amines) is 1. The van der Waals surface area contributed by atoms with E-state index in [0.29, 0.717) is 29.1 Å². The molecule has 1 aliphatic heterocycles. The molecule has 0 spiro atoms. The second kappa shape index (κ2) is 10.4. The highest BCUT2D eigenvalue weighted by molar-refractivity contribution is 7.22. The molecule has 8 heteroatoms. The number of nitrogens with one attached hydrogen (secondary N) is 1. The first kappa shape index (κ1) is 23.9. The van der Waals surface area contributed by atoms with Gasteiger partial charge in [-0.15, -0.1) is 11.3 Å². The number of nitrogens with zero attached hydrogens (tertiary/aromatic N) is 3. The third-order valence-electron chi connectivity index (χ3n) is 6.13. The fourth-order valence-corrected chi connectivity index (χ4v) is 5.73. The van der Waals surface area contributed by atoms with Gasteiger partial charge in [0.15, 0.2) is 5.75 Å². The maximum absolute atomic E-state index is 13.7. The molecule has 7 nitrogen and oxygen atoms in total. The van der Waals surface area contributed by atoms with Crippen molar-refractivity contribution in [2.75, 3.05) is 33.3 Å². The fourth-order valence-electron chi connectivity index (χ4n) is 4.51. The van der Waals surface area contributed by atoms with Crippen molar-refractivity contribution < 1.29 is 9.53 Å². The van der Waals surface area contributed by atoms with Crippen LogP contribution in [0.5, 0.6) is 5.75 Å². The van der Waals surface area contributed by atoms with Crippen LogP contribution in [-0.2, 0) is 6.54 Å². The van der Waals surface area contributed by atoms with Crippen molar-refractivity contribution in [1.82, 2.24) is 19.8 Å². The normalized spacial score (nSPS) is 13.8. The first-order valence-corrected chi connectivity index (χ1v) is 12.0. The van der Waals surface area contributed by atoms with Gasteiger partial charge in [0, 0.05) is 24.7 Å². The summed E-state index contributed by atoms with van der Waals surface area (Å²) in [5.41, 5.74) is 1.42. The predicted molar refractivity (Wildman–Crippen MR) is 138 cm³/mol. The molecule has 4 heterocycles. The highest BCUT2D eigenvalue weighted by atomic mass is 32.1. The van der Waals surface area contributed by atoms with Crippen LogP contribution in [0.1, 0.15) is 35.6 Å². The molecule has 0 aliphatic carbocycles. The summed E-state index contributed by atoms with van der Waals surface area (Å²) in [6, 6.07) is 13.4. The smallest absolute Gasteiger partial charge is 0.265 e. The Morgan fingerprint density at radius 3 is 2.65 bits per heavy atom. The minimum atomic E-state index is -0.202. The third kappa shape index (κ3) is 4.43.